The van der Waals surface area contributed by atoms with Crippen molar-refractivity contribution < 1.29 is 18.8 Å². The molecule has 5 heteroatoms. The Morgan fingerprint density at radius 3 is 2.55 bits per heavy atom. The van der Waals surface area contributed by atoms with Gasteiger partial charge in [-0.2, -0.15) is 0 Å². The largest absolute Gasteiger partial charge is 0.480 e. The molecule has 0 amide bonds. The number of carboxylic acids is 1. The Balaban J connectivity index is 4.03. The van der Waals surface area contributed by atoms with Gasteiger partial charge in [0.1, 0.15) is 11.2 Å². The van der Waals surface area contributed by atoms with Gasteiger partial charge in [-0.15, -0.1) is 0 Å². The Morgan fingerprint density at radius 2 is 2.27 bits per heavy atom. The molecule has 1 N–H and O–H groups in total. The van der Waals surface area contributed by atoms with E-state index in [0.29, 0.717) is 6.42 Å². The Bertz CT molecular complexity index is 157. The first kappa shape index (κ1) is 10.6. The molecular formula is C6H12O4S. The number of carbonyl (C=O) groups is 1. The molecule has 0 radical (unpaired) electrons. The second kappa shape index (κ2) is 5.26. The molecule has 0 aromatic rings. The summed E-state index contributed by atoms with van der Waals surface area (Å²) >= 11 is 0. The molecule has 0 aromatic heterocycles. The maximum atomic E-state index is 11.0. The highest BCUT2D eigenvalue weighted by Crippen LogP contribution is 2.02. The fourth-order valence-electron chi connectivity index (χ4n) is 0.671. The van der Waals surface area contributed by atoms with Crippen LogP contribution in [-0.4, -0.2) is 33.6 Å². The molecule has 4 nitrogen and oxygen atoms in total. The predicted octanol–water partition coefficient (Wildman–Crippen LogP) is 0.202. The van der Waals surface area contributed by atoms with Crippen molar-refractivity contribution in [2.75, 3.05) is 13.0 Å². The van der Waals surface area contributed by atoms with Crippen LogP contribution in [-0.2, 0) is 20.3 Å². The van der Waals surface area contributed by atoms with Gasteiger partial charge >= 0.3 is 5.97 Å². The Hall–Kier alpha value is -0.420. The number of hydrogen-bond donors (Lipinski definition) is 1. The summed E-state index contributed by atoms with van der Waals surface area (Å²) in [6, 6.07) is 0. The van der Waals surface area contributed by atoms with Crippen molar-refractivity contribution >= 4 is 16.8 Å². The third-order valence-corrected chi connectivity index (χ3v) is 2.84. The van der Waals surface area contributed by atoms with Gasteiger partial charge in [-0.3, -0.25) is 9.00 Å². The number of hydrogen-bond acceptors (Lipinski definition) is 3. The van der Waals surface area contributed by atoms with Crippen molar-refractivity contribution in [3.63, 3.8) is 0 Å². The van der Waals surface area contributed by atoms with Crippen LogP contribution < -0.4 is 0 Å². The minimum atomic E-state index is -1.41. The molecule has 0 aliphatic heterocycles. The van der Waals surface area contributed by atoms with Gasteiger partial charge in [-0.05, 0) is 6.42 Å². The van der Waals surface area contributed by atoms with E-state index in [-0.39, 0.29) is 5.94 Å². The van der Waals surface area contributed by atoms with Crippen LogP contribution in [0, 0.1) is 0 Å². The van der Waals surface area contributed by atoms with E-state index in [1.54, 1.807) is 6.92 Å². The number of ether oxygens (including phenoxy) is 1. The Labute approximate surface area is 68.0 Å². The van der Waals surface area contributed by atoms with Gasteiger partial charge in [0.05, 0.1) is 10.8 Å². The number of aliphatic carboxylic acids is 1. The average Bonchev–Trinajstić information content (AvgIpc) is 1.88. The van der Waals surface area contributed by atoms with Crippen molar-refractivity contribution in [3.8, 4) is 0 Å². The quantitative estimate of drug-likeness (QED) is 0.656. The lowest BCUT2D eigenvalue weighted by Crippen LogP contribution is -2.26. The maximum Gasteiger partial charge on any atom is 0.319 e. The number of rotatable bonds is 5. The van der Waals surface area contributed by atoms with E-state index in [9.17, 15) is 9.00 Å². The molecule has 0 aliphatic rings. The highest BCUT2D eigenvalue weighted by molar-refractivity contribution is 7.86. The second-order valence-electron chi connectivity index (χ2n) is 2.02. The van der Waals surface area contributed by atoms with Crippen molar-refractivity contribution in [2.45, 2.75) is 18.6 Å². The molecule has 11 heavy (non-hydrogen) atoms. The van der Waals surface area contributed by atoms with E-state index in [1.165, 1.54) is 7.11 Å². The first-order valence-corrected chi connectivity index (χ1v) is 4.60. The molecule has 0 bridgehead atoms. The summed E-state index contributed by atoms with van der Waals surface area (Å²) in [6.07, 6.45) is 0.366. The van der Waals surface area contributed by atoms with Crippen molar-refractivity contribution in [2.24, 2.45) is 0 Å². The highest BCUT2D eigenvalue weighted by atomic mass is 32.2. The summed E-state index contributed by atoms with van der Waals surface area (Å²) in [5.41, 5.74) is 0. The normalized spacial score (nSPS) is 15.8. The summed E-state index contributed by atoms with van der Waals surface area (Å²) in [6.45, 7) is 1.69. The SMILES string of the molecule is CCC(C(=O)O)S(=O)COC. The first-order chi connectivity index (χ1) is 5.13. The monoisotopic (exact) mass is 180 g/mol. The topological polar surface area (TPSA) is 63.6 Å². The Kier molecular flexibility index (Phi) is 5.06. The van der Waals surface area contributed by atoms with Crippen LogP contribution in [0.4, 0.5) is 0 Å². The van der Waals surface area contributed by atoms with Gasteiger partial charge in [0.25, 0.3) is 0 Å². The van der Waals surface area contributed by atoms with Crippen LogP contribution in [0.3, 0.4) is 0 Å². The molecule has 0 spiro atoms. The second-order valence-corrected chi connectivity index (χ2v) is 3.59. The van der Waals surface area contributed by atoms with Crippen LogP contribution in [0.1, 0.15) is 13.3 Å². The molecule has 0 rings (SSSR count). The van der Waals surface area contributed by atoms with Crippen molar-refractivity contribution in [3.05, 3.63) is 0 Å². The Morgan fingerprint density at radius 1 is 1.73 bits per heavy atom. The first-order valence-electron chi connectivity index (χ1n) is 3.22. The molecule has 66 valence electrons. The van der Waals surface area contributed by atoms with E-state index in [0.717, 1.165) is 0 Å². The van der Waals surface area contributed by atoms with Gasteiger partial charge in [-0.1, -0.05) is 6.92 Å². The predicted molar refractivity (Wildman–Crippen MR) is 41.7 cm³/mol. The van der Waals surface area contributed by atoms with Gasteiger partial charge < -0.3 is 9.84 Å². The van der Waals surface area contributed by atoms with Gasteiger partial charge in [0.2, 0.25) is 0 Å². The van der Waals surface area contributed by atoms with Gasteiger partial charge in [0, 0.05) is 7.11 Å². The van der Waals surface area contributed by atoms with E-state index in [4.69, 9.17) is 5.11 Å². The molecule has 0 fully saturated rings. The summed E-state index contributed by atoms with van der Waals surface area (Å²) in [5, 5.41) is 7.73. The number of methoxy groups -OCH3 is 1. The van der Waals surface area contributed by atoms with Crippen LogP contribution >= 0.6 is 0 Å². The molecule has 2 unspecified atom stereocenters. The fraction of sp³-hybridized carbons (Fsp3) is 0.833. The number of carboxylic acid groups (broad SMARTS) is 1. The van der Waals surface area contributed by atoms with E-state index in [1.807, 2.05) is 0 Å². The van der Waals surface area contributed by atoms with Gasteiger partial charge in [-0.25, -0.2) is 0 Å². The smallest absolute Gasteiger partial charge is 0.319 e. The van der Waals surface area contributed by atoms with Crippen molar-refractivity contribution in [1.82, 2.24) is 0 Å². The zero-order valence-electron chi connectivity index (χ0n) is 6.57. The third-order valence-electron chi connectivity index (χ3n) is 1.20. The molecule has 0 saturated heterocycles. The standard InChI is InChI=1S/C6H12O4S/c1-3-5(6(7)8)11(9)4-10-2/h5H,3-4H2,1-2H3,(H,7,8). The summed E-state index contributed by atoms with van der Waals surface area (Å²) in [4.78, 5) is 10.4. The fourth-order valence-corrected chi connectivity index (χ4v) is 1.66. The minimum absolute atomic E-state index is 0.00912. The lowest BCUT2D eigenvalue weighted by molar-refractivity contribution is -0.136. The molecular weight excluding hydrogens is 168 g/mol. The van der Waals surface area contributed by atoms with E-state index >= 15 is 0 Å². The summed E-state index contributed by atoms with van der Waals surface area (Å²) in [5.74, 6) is -1.03. The van der Waals surface area contributed by atoms with E-state index in [2.05, 4.69) is 4.74 Å². The highest BCUT2D eigenvalue weighted by Gasteiger charge is 2.21. The van der Waals surface area contributed by atoms with Crippen LogP contribution in [0.15, 0.2) is 0 Å². The summed E-state index contributed by atoms with van der Waals surface area (Å²) in [7, 11) is -0.0144. The molecule has 0 aromatic carbocycles. The lowest BCUT2D eigenvalue weighted by atomic mass is 10.3. The van der Waals surface area contributed by atoms with E-state index < -0.39 is 22.0 Å². The maximum absolute atomic E-state index is 11.0. The van der Waals surface area contributed by atoms with Crippen LogP contribution in [0.25, 0.3) is 0 Å². The average molecular weight is 180 g/mol. The zero-order chi connectivity index (χ0) is 8.85. The zero-order valence-corrected chi connectivity index (χ0v) is 7.39. The minimum Gasteiger partial charge on any atom is -0.480 e. The third kappa shape index (κ3) is 3.48. The molecule has 0 saturated carbocycles. The molecule has 2 atom stereocenters. The summed E-state index contributed by atoms with van der Waals surface area (Å²) < 4.78 is 15.6. The lowest BCUT2D eigenvalue weighted by Gasteiger charge is -2.07. The molecule has 0 aliphatic carbocycles. The van der Waals surface area contributed by atoms with Crippen LogP contribution in [0.2, 0.25) is 0 Å². The molecule has 0 heterocycles. The van der Waals surface area contributed by atoms with Crippen LogP contribution in [0.5, 0.6) is 0 Å². The van der Waals surface area contributed by atoms with Gasteiger partial charge in [0.15, 0.2) is 0 Å². The van der Waals surface area contributed by atoms with Crippen molar-refractivity contribution in [1.29, 1.82) is 0 Å².